The Hall–Kier alpha value is -0.220. The van der Waals surface area contributed by atoms with Gasteiger partial charge in [0.2, 0.25) is 0 Å². The van der Waals surface area contributed by atoms with Crippen molar-refractivity contribution in [2.75, 3.05) is 32.9 Å². The van der Waals surface area contributed by atoms with Gasteiger partial charge >= 0.3 is 0 Å². The van der Waals surface area contributed by atoms with Crippen LogP contribution in [0.2, 0.25) is 0 Å². The largest absolute Gasteiger partial charge is 0.347 e. The van der Waals surface area contributed by atoms with E-state index in [2.05, 4.69) is 17.1 Å². The molecule has 13 heavy (non-hydrogen) atoms. The van der Waals surface area contributed by atoms with Crippen molar-refractivity contribution in [1.82, 2.24) is 10.2 Å². The van der Waals surface area contributed by atoms with Gasteiger partial charge in [0.05, 0.1) is 0 Å². The Morgan fingerprint density at radius 2 is 2.15 bits per heavy atom. The van der Waals surface area contributed by atoms with Crippen molar-refractivity contribution in [3.05, 3.63) is 0 Å². The maximum atomic E-state index is 11.1. The molecule has 0 atom stereocenters. The van der Waals surface area contributed by atoms with E-state index in [4.69, 9.17) is 0 Å². The predicted molar refractivity (Wildman–Crippen MR) is 59.3 cm³/mol. The smallest absolute Gasteiger partial charge is 0.279 e. The SMILES string of the molecule is CCCSC(=O)NCCCN(C)C. The second kappa shape index (κ2) is 8.38. The second-order valence-electron chi connectivity index (χ2n) is 3.22. The molecule has 0 aromatic rings. The van der Waals surface area contributed by atoms with E-state index in [0.717, 1.165) is 31.7 Å². The molecule has 0 radical (unpaired) electrons. The number of rotatable bonds is 6. The van der Waals surface area contributed by atoms with Crippen LogP contribution in [-0.2, 0) is 0 Å². The summed E-state index contributed by atoms with van der Waals surface area (Å²) >= 11 is 1.37. The molecule has 0 bridgehead atoms. The molecule has 0 saturated carbocycles. The van der Waals surface area contributed by atoms with Crippen molar-refractivity contribution < 1.29 is 4.79 Å². The average Bonchev–Trinajstić information content (AvgIpc) is 2.08. The molecule has 0 aliphatic carbocycles. The lowest BCUT2D eigenvalue weighted by Crippen LogP contribution is -2.24. The number of amides is 1. The molecule has 0 fully saturated rings. The Kier molecular flexibility index (Phi) is 8.24. The average molecular weight is 204 g/mol. The van der Waals surface area contributed by atoms with Gasteiger partial charge in [-0.05, 0) is 33.5 Å². The van der Waals surface area contributed by atoms with E-state index in [1.54, 1.807) is 0 Å². The number of carbonyl (C=O) groups excluding carboxylic acids is 1. The van der Waals surface area contributed by atoms with Crippen LogP contribution in [0.3, 0.4) is 0 Å². The lowest BCUT2D eigenvalue weighted by atomic mass is 10.4. The van der Waals surface area contributed by atoms with Crippen molar-refractivity contribution in [1.29, 1.82) is 0 Å². The molecule has 1 amide bonds. The third-order valence-corrected chi connectivity index (χ3v) is 2.51. The van der Waals surface area contributed by atoms with Crippen LogP contribution in [0.25, 0.3) is 0 Å². The highest BCUT2D eigenvalue weighted by Crippen LogP contribution is 2.02. The zero-order chi connectivity index (χ0) is 10.1. The van der Waals surface area contributed by atoms with Crippen LogP contribution in [-0.4, -0.2) is 43.1 Å². The van der Waals surface area contributed by atoms with Crippen molar-refractivity contribution in [3.8, 4) is 0 Å². The Morgan fingerprint density at radius 1 is 1.46 bits per heavy atom. The van der Waals surface area contributed by atoms with Gasteiger partial charge in [-0.15, -0.1) is 0 Å². The van der Waals surface area contributed by atoms with E-state index >= 15 is 0 Å². The summed E-state index contributed by atoms with van der Waals surface area (Å²) in [6.45, 7) is 3.89. The Balaban J connectivity index is 3.17. The maximum Gasteiger partial charge on any atom is 0.279 e. The molecule has 0 aromatic heterocycles. The normalized spacial score (nSPS) is 10.5. The molecule has 0 saturated heterocycles. The van der Waals surface area contributed by atoms with Crippen molar-refractivity contribution in [3.63, 3.8) is 0 Å². The van der Waals surface area contributed by atoms with Gasteiger partial charge in [-0.25, -0.2) is 0 Å². The van der Waals surface area contributed by atoms with Crippen LogP contribution < -0.4 is 5.32 Å². The van der Waals surface area contributed by atoms with Crippen LogP contribution in [0.4, 0.5) is 4.79 Å². The molecule has 0 heterocycles. The number of hydrogen-bond donors (Lipinski definition) is 1. The van der Waals surface area contributed by atoms with E-state index in [1.165, 1.54) is 11.8 Å². The van der Waals surface area contributed by atoms with Crippen LogP contribution in [0.15, 0.2) is 0 Å². The minimum absolute atomic E-state index is 0.112. The number of hydrogen-bond acceptors (Lipinski definition) is 3. The van der Waals surface area contributed by atoms with E-state index in [9.17, 15) is 4.79 Å². The first-order valence-corrected chi connectivity index (χ1v) is 5.70. The molecule has 1 N–H and O–H groups in total. The third-order valence-electron chi connectivity index (χ3n) is 1.49. The summed E-state index contributed by atoms with van der Waals surface area (Å²) < 4.78 is 0. The van der Waals surface area contributed by atoms with E-state index in [1.807, 2.05) is 14.1 Å². The first-order chi connectivity index (χ1) is 6.16. The number of nitrogens with zero attached hydrogens (tertiary/aromatic N) is 1. The van der Waals surface area contributed by atoms with Gasteiger partial charge in [0.15, 0.2) is 0 Å². The molecule has 0 aliphatic rings. The van der Waals surface area contributed by atoms with Crippen LogP contribution in [0, 0.1) is 0 Å². The maximum absolute atomic E-state index is 11.1. The predicted octanol–water partition coefficient (Wildman–Crippen LogP) is 1.79. The van der Waals surface area contributed by atoms with Gasteiger partial charge in [-0.2, -0.15) is 0 Å². The molecule has 0 spiro atoms. The number of carbonyl (C=O) groups is 1. The van der Waals surface area contributed by atoms with Gasteiger partial charge < -0.3 is 10.2 Å². The Morgan fingerprint density at radius 3 is 2.69 bits per heavy atom. The standard InChI is InChI=1S/C9H20N2OS/c1-4-8-13-9(12)10-6-5-7-11(2)3/h4-8H2,1-3H3,(H,10,12). The van der Waals surface area contributed by atoms with Crippen LogP contribution in [0.5, 0.6) is 0 Å². The van der Waals surface area contributed by atoms with Gasteiger partial charge in [0, 0.05) is 12.3 Å². The summed E-state index contributed by atoms with van der Waals surface area (Å²) in [6, 6.07) is 0. The fraction of sp³-hybridized carbons (Fsp3) is 0.889. The zero-order valence-corrected chi connectivity index (χ0v) is 9.62. The lowest BCUT2D eigenvalue weighted by molar-refractivity contribution is 0.260. The van der Waals surface area contributed by atoms with Crippen molar-refractivity contribution in [2.24, 2.45) is 0 Å². The van der Waals surface area contributed by atoms with Crippen LogP contribution in [0.1, 0.15) is 19.8 Å². The highest BCUT2D eigenvalue weighted by atomic mass is 32.2. The number of thioether (sulfide) groups is 1. The molecule has 0 aromatic carbocycles. The van der Waals surface area contributed by atoms with E-state index in [-0.39, 0.29) is 5.24 Å². The van der Waals surface area contributed by atoms with E-state index in [0.29, 0.717) is 0 Å². The molecule has 3 nitrogen and oxygen atoms in total. The lowest BCUT2D eigenvalue weighted by Gasteiger charge is -2.09. The topological polar surface area (TPSA) is 32.3 Å². The fourth-order valence-electron chi connectivity index (χ4n) is 0.832. The summed E-state index contributed by atoms with van der Waals surface area (Å²) in [4.78, 5) is 13.2. The molecular formula is C9H20N2OS. The van der Waals surface area contributed by atoms with Gasteiger partial charge in [0.25, 0.3) is 5.24 Å². The highest BCUT2D eigenvalue weighted by Gasteiger charge is 1.99. The first kappa shape index (κ1) is 12.8. The monoisotopic (exact) mass is 204 g/mol. The van der Waals surface area contributed by atoms with Crippen molar-refractivity contribution >= 4 is 17.0 Å². The Bertz CT molecular complexity index is 140. The Labute approximate surface area is 85.3 Å². The molecule has 4 heteroatoms. The highest BCUT2D eigenvalue weighted by molar-refractivity contribution is 8.13. The van der Waals surface area contributed by atoms with E-state index < -0.39 is 0 Å². The summed E-state index contributed by atoms with van der Waals surface area (Å²) in [7, 11) is 4.07. The summed E-state index contributed by atoms with van der Waals surface area (Å²) in [5.74, 6) is 0.916. The molecular weight excluding hydrogens is 184 g/mol. The summed E-state index contributed by atoms with van der Waals surface area (Å²) in [6.07, 6.45) is 2.07. The summed E-state index contributed by atoms with van der Waals surface area (Å²) in [5.41, 5.74) is 0. The zero-order valence-electron chi connectivity index (χ0n) is 8.80. The van der Waals surface area contributed by atoms with Gasteiger partial charge in [0.1, 0.15) is 0 Å². The molecule has 0 rings (SSSR count). The molecule has 0 unspecified atom stereocenters. The first-order valence-electron chi connectivity index (χ1n) is 4.72. The minimum atomic E-state index is 0.112. The van der Waals surface area contributed by atoms with Gasteiger partial charge in [-0.1, -0.05) is 18.7 Å². The molecule has 0 aliphatic heterocycles. The second-order valence-corrected chi connectivity index (χ2v) is 4.29. The third kappa shape index (κ3) is 9.70. The minimum Gasteiger partial charge on any atom is -0.347 e. The van der Waals surface area contributed by atoms with Crippen LogP contribution >= 0.6 is 11.8 Å². The van der Waals surface area contributed by atoms with Crippen molar-refractivity contribution in [2.45, 2.75) is 19.8 Å². The number of nitrogens with one attached hydrogen (secondary N) is 1. The fourth-order valence-corrected chi connectivity index (χ4v) is 1.43. The van der Waals surface area contributed by atoms with Gasteiger partial charge in [-0.3, -0.25) is 4.79 Å². The molecule has 78 valence electrons. The quantitative estimate of drug-likeness (QED) is 0.670. The summed E-state index contributed by atoms with van der Waals surface area (Å²) in [5, 5.41) is 2.98.